The minimum absolute atomic E-state index is 0.0760. The molecule has 1 atom stereocenters. The van der Waals surface area contributed by atoms with Gasteiger partial charge in [-0.1, -0.05) is 11.8 Å². The molecule has 2 aliphatic rings. The van der Waals surface area contributed by atoms with Gasteiger partial charge in [-0.3, -0.25) is 14.3 Å². The number of nitrogens with zero attached hydrogens (tertiary/aromatic N) is 5. The number of aromatic nitrogens is 6. The van der Waals surface area contributed by atoms with E-state index in [-0.39, 0.29) is 17.2 Å². The van der Waals surface area contributed by atoms with Gasteiger partial charge < -0.3 is 9.15 Å². The number of thioether (sulfide) groups is 1. The molecule has 2 aliphatic carbocycles. The van der Waals surface area contributed by atoms with Crippen molar-refractivity contribution in [1.82, 2.24) is 29.7 Å². The van der Waals surface area contributed by atoms with Crippen LogP contribution in [0, 0.1) is 0 Å². The molecule has 2 fully saturated rings. The Balaban J connectivity index is 1.38. The maximum atomic E-state index is 12.8. The Bertz CT molecular complexity index is 1500. The summed E-state index contributed by atoms with van der Waals surface area (Å²) in [5.41, 5.74) is 0.321. The highest BCUT2D eigenvalue weighted by atomic mass is 32.2. The lowest BCUT2D eigenvalue weighted by molar-refractivity contribution is 0.415. The van der Waals surface area contributed by atoms with Gasteiger partial charge in [-0.2, -0.15) is 0 Å². The summed E-state index contributed by atoms with van der Waals surface area (Å²) >= 11 is 1.36. The van der Waals surface area contributed by atoms with Crippen LogP contribution in [0.1, 0.15) is 61.5 Å². The van der Waals surface area contributed by atoms with Crippen molar-refractivity contribution in [2.24, 2.45) is 0 Å². The molecule has 174 valence electrons. The molecular formula is C23H22N6O4S. The van der Waals surface area contributed by atoms with Crippen LogP contribution >= 0.6 is 11.8 Å². The van der Waals surface area contributed by atoms with E-state index in [2.05, 4.69) is 20.2 Å². The van der Waals surface area contributed by atoms with Crippen LogP contribution in [-0.2, 0) is 0 Å². The second-order valence-electron chi connectivity index (χ2n) is 8.65. The molecule has 10 nitrogen and oxygen atoms in total. The van der Waals surface area contributed by atoms with Crippen LogP contribution < -0.4 is 16.0 Å². The van der Waals surface area contributed by atoms with Gasteiger partial charge in [0, 0.05) is 17.5 Å². The highest BCUT2D eigenvalue weighted by Gasteiger charge is 2.33. The van der Waals surface area contributed by atoms with E-state index in [0.717, 1.165) is 37.0 Å². The second-order valence-corrected chi connectivity index (χ2v) is 9.98. The average molecular weight is 479 g/mol. The molecule has 11 heteroatoms. The molecule has 0 unspecified atom stereocenters. The molecule has 0 amide bonds. The second kappa shape index (κ2) is 8.08. The summed E-state index contributed by atoms with van der Waals surface area (Å²) < 4.78 is 12.7. The van der Waals surface area contributed by atoms with Gasteiger partial charge in [0.25, 0.3) is 5.56 Å². The summed E-state index contributed by atoms with van der Waals surface area (Å²) in [4.78, 5) is 37.3. The SMILES string of the molecule is COc1ccc(-c2nnc([C@H](C)Sc3nc(C4CC4)nc4c3c(=O)[nH]c(=O)n4C3CC3)o2)cc1. The van der Waals surface area contributed by atoms with Crippen LogP contribution in [-0.4, -0.2) is 36.8 Å². The summed E-state index contributed by atoms with van der Waals surface area (Å²) in [5, 5.41) is 8.99. The quantitative estimate of drug-likeness (QED) is 0.313. The summed E-state index contributed by atoms with van der Waals surface area (Å²) in [6.07, 6.45) is 3.82. The molecule has 1 N–H and O–H groups in total. The Morgan fingerprint density at radius 3 is 2.56 bits per heavy atom. The molecule has 4 aromatic rings. The molecular weight excluding hydrogens is 456 g/mol. The molecule has 3 aromatic heterocycles. The molecule has 2 saturated carbocycles. The largest absolute Gasteiger partial charge is 0.497 e. The zero-order valence-electron chi connectivity index (χ0n) is 18.6. The highest BCUT2D eigenvalue weighted by Crippen LogP contribution is 2.43. The van der Waals surface area contributed by atoms with Gasteiger partial charge in [0.05, 0.1) is 12.4 Å². The Morgan fingerprint density at radius 1 is 1.12 bits per heavy atom. The lowest BCUT2D eigenvalue weighted by atomic mass is 10.2. The number of nitrogens with one attached hydrogen (secondary N) is 1. The number of rotatable bonds is 7. The smallest absolute Gasteiger partial charge is 0.330 e. The molecule has 0 bridgehead atoms. The van der Waals surface area contributed by atoms with E-state index in [1.807, 2.05) is 31.2 Å². The Hall–Kier alpha value is -3.47. The maximum absolute atomic E-state index is 12.8. The first-order chi connectivity index (χ1) is 16.5. The van der Waals surface area contributed by atoms with Crippen LogP contribution in [0.15, 0.2) is 43.3 Å². The van der Waals surface area contributed by atoms with Gasteiger partial charge in [-0.05, 0) is 56.9 Å². The van der Waals surface area contributed by atoms with Crippen molar-refractivity contribution in [2.75, 3.05) is 7.11 Å². The molecule has 34 heavy (non-hydrogen) atoms. The summed E-state index contributed by atoms with van der Waals surface area (Å²) in [6, 6.07) is 7.44. The Kier molecular flexibility index (Phi) is 5.01. The highest BCUT2D eigenvalue weighted by molar-refractivity contribution is 7.99. The molecule has 1 aromatic carbocycles. The van der Waals surface area contributed by atoms with Crippen molar-refractivity contribution >= 4 is 22.8 Å². The fourth-order valence-corrected chi connectivity index (χ4v) is 4.86. The van der Waals surface area contributed by atoms with E-state index in [1.54, 1.807) is 11.7 Å². The fraction of sp³-hybridized carbons (Fsp3) is 0.391. The maximum Gasteiger partial charge on any atom is 0.330 e. The number of fused-ring (bicyclic) bond motifs is 1. The predicted molar refractivity (Wildman–Crippen MR) is 125 cm³/mol. The number of hydrogen-bond donors (Lipinski definition) is 1. The minimum Gasteiger partial charge on any atom is -0.497 e. The zero-order valence-corrected chi connectivity index (χ0v) is 19.5. The number of benzene rings is 1. The van der Waals surface area contributed by atoms with Crippen molar-refractivity contribution in [3.05, 3.63) is 56.8 Å². The minimum atomic E-state index is -0.474. The molecule has 0 saturated heterocycles. The predicted octanol–water partition coefficient (Wildman–Crippen LogP) is 3.60. The van der Waals surface area contributed by atoms with Gasteiger partial charge in [0.15, 0.2) is 5.65 Å². The zero-order chi connectivity index (χ0) is 23.4. The Labute approximate surface area is 197 Å². The van der Waals surface area contributed by atoms with Crippen LogP contribution in [0.25, 0.3) is 22.5 Å². The average Bonchev–Trinajstić information content (AvgIpc) is 3.77. The van der Waals surface area contributed by atoms with Gasteiger partial charge in [0.1, 0.15) is 22.0 Å². The summed E-state index contributed by atoms with van der Waals surface area (Å²) in [6.45, 7) is 1.92. The summed E-state index contributed by atoms with van der Waals surface area (Å²) in [5.74, 6) is 2.51. The van der Waals surface area contributed by atoms with Crippen molar-refractivity contribution < 1.29 is 9.15 Å². The van der Waals surface area contributed by atoms with Crippen molar-refractivity contribution in [3.63, 3.8) is 0 Å². The summed E-state index contributed by atoms with van der Waals surface area (Å²) in [7, 11) is 1.61. The number of methoxy groups -OCH3 is 1. The van der Waals surface area contributed by atoms with E-state index in [9.17, 15) is 9.59 Å². The van der Waals surface area contributed by atoms with Gasteiger partial charge >= 0.3 is 5.69 Å². The van der Waals surface area contributed by atoms with Crippen LogP contribution in [0.4, 0.5) is 0 Å². The van der Waals surface area contributed by atoms with E-state index in [1.165, 1.54) is 11.8 Å². The van der Waals surface area contributed by atoms with Gasteiger partial charge in [-0.15, -0.1) is 10.2 Å². The number of ether oxygens (including phenoxy) is 1. The fourth-order valence-electron chi connectivity index (χ4n) is 3.88. The van der Waals surface area contributed by atoms with E-state index in [4.69, 9.17) is 14.1 Å². The van der Waals surface area contributed by atoms with E-state index >= 15 is 0 Å². The van der Waals surface area contributed by atoms with Crippen LogP contribution in [0.3, 0.4) is 0 Å². The first kappa shape index (κ1) is 21.1. The third-order valence-electron chi connectivity index (χ3n) is 6.04. The third kappa shape index (κ3) is 3.79. The van der Waals surface area contributed by atoms with Crippen molar-refractivity contribution in [1.29, 1.82) is 0 Å². The standard InChI is InChI=1S/C23H22N6O4S/c1-11(20-27-28-21(33-20)13-5-9-15(32-2)10-6-13)34-22-16-18(24-17(25-22)12-3-4-12)29(14-7-8-14)23(31)26-19(16)30/h5-6,9-12,14H,3-4,7-8H2,1-2H3,(H,26,30,31)/t11-/m0/s1. The van der Waals surface area contributed by atoms with Crippen LogP contribution in [0.5, 0.6) is 5.75 Å². The first-order valence-electron chi connectivity index (χ1n) is 11.2. The molecule has 0 spiro atoms. The molecule has 6 rings (SSSR count). The normalized spacial score (nSPS) is 16.6. The van der Waals surface area contributed by atoms with Crippen LogP contribution in [0.2, 0.25) is 0 Å². The molecule has 0 radical (unpaired) electrons. The van der Waals surface area contributed by atoms with Gasteiger partial charge in [0.2, 0.25) is 11.8 Å². The number of hydrogen-bond acceptors (Lipinski definition) is 9. The van der Waals surface area contributed by atoms with E-state index < -0.39 is 11.2 Å². The van der Waals surface area contributed by atoms with Crippen molar-refractivity contribution in [3.8, 4) is 17.2 Å². The number of aromatic amines is 1. The lowest BCUT2D eigenvalue weighted by Gasteiger charge is -2.13. The third-order valence-corrected chi connectivity index (χ3v) is 7.11. The first-order valence-corrected chi connectivity index (χ1v) is 12.1. The molecule has 3 heterocycles. The topological polar surface area (TPSA) is 129 Å². The molecule has 0 aliphatic heterocycles. The number of H-pyrrole nitrogens is 1. The lowest BCUT2D eigenvalue weighted by Crippen LogP contribution is -2.31. The van der Waals surface area contributed by atoms with Crippen molar-refractivity contribution in [2.45, 2.75) is 54.8 Å². The van der Waals surface area contributed by atoms with E-state index in [0.29, 0.717) is 33.7 Å². The monoisotopic (exact) mass is 478 g/mol. The van der Waals surface area contributed by atoms with Gasteiger partial charge in [-0.25, -0.2) is 14.8 Å². The Morgan fingerprint density at radius 2 is 1.88 bits per heavy atom.